The molecule has 0 saturated heterocycles. The molecule has 0 aromatic heterocycles. The van der Waals surface area contributed by atoms with E-state index in [0.29, 0.717) is 0 Å². The SMILES string of the molecule is CCC1=[C-]CC=C1.CCC1=[C-]CC=C1.[Cl-].[Cl-].[Ti+4]. The maximum absolute atomic E-state index is 3.21. The first-order chi connectivity index (χ1) is 6.86. The van der Waals surface area contributed by atoms with Crippen molar-refractivity contribution in [2.24, 2.45) is 0 Å². The predicted octanol–water partition coefficient (Wildman–Crippen LogP) is -1.82. The van der Waals surface area contributed by atoms with Crippen LogP contribution in [0.2, 0.25) is 0 Å². The first-order valence-electron chi connectivity index (χ1n) is 5.39. The molecule has 0 aliphatic heterocycles. The minimum Gasteiger partial charge on any atom is -1.00 e. The number of hydrogen-bond acceptors (Lipinski definition) is 0. The van der Waals surface area contributed by atoms with Crippen LogP contribution in [0.15, 0.2) is 35.5 Å². The molecule has 2 aliphatic rings. The summed E-state index contributed by atoms with van der Waals surface area (Å²) < 4.78 is 0. The molecule has 0 aromatic carbocycles. The first-order valence-corrected chi connectivity index (χ1v) is 5.39. The zero-order valence-electron chi connectivity index (χ0n) is 10.4. The van der Waals surface area contributed by atoms with Crippen LogP contribution in [0.5, 0.6) is 0 Å². The Morgan fingerprint density at radius 1 is 0.882 bits per heavy atom. The Balaban J connectivity index is -0.000000196. The maximum Gasteiger partial charge on any atom is 4.00 e. The molecular weight excluding hydrogens is 287 g/mol. The Kier molecular flexibility index (Phi) is 18.9. The molecule has 0 radical (unpaired) electrons. The zero-order chi connectivity index (χ0) is 10.2. The summed E-state index contributed by atoms with van der Waals surface area (Å²) >= 11 is 0. The van der Waals surface area contributed by atoms with Gasteiger partial charge in [0.1, 0.15) is 0 Å². The van der Waals surface area contributed by atoms with Crippen LogP contribution in [0.3, 0.4) is 0 Å². The largest absolute Gasteiger partial charge is 4.00 e. The van der Waals surface area contributed by atoms with E-state index in [-0.39, 0.29) is 46.5 Å². The van der Waals surface area contributed by atoms with Gasteiger partial charge >= 0.3 is 21.7 Å². The summed E-state index contributed by atoms with van der Waals surface area (Å²) in [6.45, 7) is 4.30. The van der Waals surface area contributed by atoms with Crippen molar-refractivity contribution >= 4 is 0 Å². The fourth-order valence-electron chi connectivity index (χ4n) is 1.39. The molecule has 0 bridgehead atoms. The van der Waals surface area contributed by atoms with Crippen molar-refractivity contribution in [1.82, 2.24) is 0 Å². The van der Waals surface area contributed by atoms with Crippen LogP contribution in [0.1, 0.15) is 39.5 Å². The van der Waals surface area contributed by atoms with E-state index in [9.17, 15) is 0 Å². The number of hydrogen-bond donors (Lipinski definition) is 0. The Bertz CT molecular complexity index is 259. The molecular formula is C14H18Cl2Ti. The van der Waals surface area contributed by atoms with Gasteiger partial charge < -0.3 is 24.8 Å². The van der Waals surface area contributed by atoms with E-state index < -0.39 is 0 Å². The third kappa shape index (κ3) is 9.91. The summed E-state index contributed by atoms with van der Waals surface area (Å²) in [7, 11) is 0. The Morgan fingerprint density at radius 2 is 1.24 bits per heavy atom. The maximum atomic E-state index is 3.21. The van der Waals surface area contributed by atoms with Gasteiger partial charge in [0.15, 0.2) is 0 Å². The summed E-state index contributed by atoms with van der Waals surface area (Å²) in [6, 6.07) is 0. The van der Waals surface area contributed by atoms with Crippen LogP contribution in [0.4, 0.5) is 0 Å². The summed E-state index contributed by atoms with van der Waals surface area (Å²) in [5.74, 6) is 0. The summed E-state index contributed by atoms with van der Waals surface area (Å²) in [4.78, 5) is 0. The van der Waals surface area contributed by atoms with E-state index in [1.54, 1.807) is 0 Å². The second kappa shape index (κ2) is 14.3. The normalized spacial score (nSPS) is 14.5. The van der Waals surface area contributed by atoms with Crippen LogP contribution in [-0.2, 0) is 21.7 Å². The molecule has 2 aliphatic carbocycles. The van der Waals surface area contributed by atoms with Crippen molar-refractivity contribution in [1.29, 1.82) is 0 Å². The minimum atomic E-state index is 0. The molecule has 0 spiro atoms. The van der Waals surface area contributed by atoms with Gasteiger partial charge in [-0.25, -0.2) is 23.3 Å². The van der Waals surface area contributed by atoms with E-state index in [1.807, 2.05) is 0 Å². The number of halogens is 2. The molecule has 0 heterocycles. The molecule has 0 nitrogen and oxygen atoms in total. The molecule has 0 atom stereocenters. The van der Waals surface area contributed by atoms with Crippen LogP contribution < -0.4 is 24.8 Å². The van der Waals surface area contributed by atoms with Gasteiger partial charge in [0.05, 0.1) is 0 Å². The molecule has 0 fully saturated rings. The third-order valence-electron chi connectivity index (χ3n) is 2.29. The Hall–Kier alpha value is 0.254. The van der Waals surface area contributed by atoms with Crippen LogP contribution in [0.25, 0.3) is 0 Å². The van der Waals surface area contributed by atoms with E-state index in [0.717, 1.165) is 25.7 Å². The monoisotopic (exact) mass is 304 g/mol. The molecule has 17 heavy (non-hydrogen) atoms. The van der Waals surface area contributed by atoms with E-state index >= 15 is 0 Å². The molecule has 2 rings (SSSR count). The van der Waals surface area contributed by atoms with Crippen molar-refractivity contribution in [2.45, 2.75) is 39.5 Å². The van der Waals surface area contributed by atoms with Gasteiger partial charge in [-0.2, -0.15) is 12.2 Å². The van der Waals surface area contributed by atoms with Crippen LogP contribution in [0, 0.1) is 12.2 Å². The Labute approximate surface area is 133 Å². The zero-order valence-corrected chi connectivity index (χ0v) is 13.5. The predicted molar refractivity (Wildman–Crippen MR) is 61.6 cm³/mol. The molecule has 3 heteroatoms. The summed E-state index contributed by atoms with van der Waals surface area (Å²) in [5, 5.41) is 0. The van der Waals surface area contributed by atoms with Crippen molar-refractivity contribution < 1.29 is 46.5 Å². The van der Waals surface area contributed by atoms with Crippen LogP contribution >= 0.6 is 0 Å². The fraction of sp³-hybridized carbons (Fsp3) is 0.429. The molecule has 0 aromatic rings. The van der Waals surface area contributed by atoms with E-state index in [1.165, 1.54) is 11.1 Å². The van der Waals surface area contributed by atoms with Crippen molar-refractivity contribution in [3.63, 3.8) is 0 Å². The van der Waals surface area contributed by atoms with Gasteiger partial charge in [0.25, 0.3) is 0 Å². The standard InChI is InChI=1S/2C7H9.2ClH.Ti/c2*1-2-7-5-3-4-6-7;;;/h2*3,5H,2,4H2,1H3;2*1H;/q2*-1;;;+4/p-2. The third-order valence-corrected chi connectivity index (χ3v) is 2.29. The molecule has 0 saturated carbocycles. The van der Waals surface area contributed by atoms with Gasteiger partial charge in [-0.1, -0.05) is 26.7 Å². The molecule has 0 N–H and O–H groups in total. The average molecular weight is 305 g/mol. The molecule has 92 valence electrons. The second-order valence-corrected chi connectivity index (χ2v) is 3.32. The minimum absolute atomic E-state index is 0. The quantitative estimate of drug-likeness (QED) is 0.416. The first kappa shape index (κ1) is 22.4. The number of allylic oxidation sites excluding steroid dienone is 8. The molecule has 0 unspecified atom stereocenters. The van der Waals surface area contributed by atoms with Crippen molar-refractivity contribution in [2.75, 3.05) is 0 Å². The molecule has 0 amide bonds. The van der Waals surface area contributed by atoms with Gasteiger partial charge in [-0.15, -0.1) is 12.8 Å². The number of rotatable bonds is 2. The smallest absolute Gasteiger partial charge is 1.00 e. The second-order valence-electron chi connectivity index (χ2n) is 3.32. The summed E-state index contributed by atoms with van der Waals surface area (Å²) in [6.07, 6.45) is 19.3. The van der Waals surface area contributed by atoms with Gasteiger partial charge in [0.2, 0.25) is 0 Å². The van der Waals surface area contributed by atoms with Crippen molar-refractivity contribution in [3.8, 4) is 0 Å². The van der Waals surface area contributed by atoms with E-state index in [4.69, 9.17) is 0 Å². The van der Waals surface area contributed by atoms with Gasteiger partial charge in [-0.05, 0) is 0 Å². The topological polar surface area (TPSA) is 0 Å². The Morgan fingerprint density at radius 3 is 1.35 bits per heavy atom. The van der Waals surface area contributed by atoms with Crippen LogP contribution in [-0.4, -0.2) is 0 Å². The van der Waals surface area contributed by atoms with Gasteiger partial charge in [0, 0.05) is 0 Å². The van der Waals surface area contributed by atoms with Gasteiger partial charge in [-0.3, -0.25) is 12.2 Å². The fourth-order valence-corrected chi connectivity index (χ4v) is 1.39. The summed E-state index contributed by atoms with van der Waals surface area (Å²) in [5.41, 5.74) is 2.72. The van der Waals surface area contributed by atoms with Crippen molar-refractivity contribution in [3.05, 3.63) is 47.6 Å². The average Bonchev–Trinajstić information content (AvgIpc) is 2.92. The van der Waals surface area contributed by atoms with E-state index in [2.05, 4.69) is 50.3 Å².